The first kappa shape index (κ1) is 19.8. The van der Waals surface area contributed by atoms with Crippen LogP contribution in [0.3, 0.4) is 0 Å². The van der Waals surface area contributed by atoms with Crippen molar-refractivity contribution in [3.8, 4) is 10.4 Å². The van der Waals surface area contributed by atoms with Crippen molar-refractivity contribution in [1.82, 2.24) is 9.88 Å². The smallest absolute Gasteiger partial charge is 0.268 e. The van der Waals surface area contributed by atoms with E-state index in [1.807, 2.05) is 54.6 Å². The lowest BCUT2D eigenvalue weighted by molar-refractivity contribution is -0.125. The molecule has 4 rings (SSSR count). The summed E-state index contributed by atoms with van der Waals surface area (Å²) in [5.74, 6) is -0.522. The van der Waals surface area contributed by atoms with Gasteiger partial charge in [-0.25, -0.2) is 4.98 Å². The van der Waals surface area contributed by atoms with Gasteiger partial charge in [0.1, 0.15) is 5.69 Å². The molecule has 2 heterocycles. The third-order valence-electron chi connectivity index (χ3n) is 5.11. The van der Waals surface area contributed by atoms with Gasteiger partial charge in [0.05, 0.1) is 9.88 Å². The zero-order valence-electron chi connectivity index (χ0n) is 16.4. The highest BCUT2D eigenvalue weighted by atomic mass is 32.1. The van der Waals surface area contributed by atoms with Crippen molar-refractivity contribution < 1.29 is 9.59 Å². The van der Waals surface area contributed by atoms with Crippen molar-refractivity contribution in [2.75, 3.05) is 18.4 Å². The molecule has 0 bridgehead atoms. The first-order chi connectivity index (χ1) is 14.5. The largest absolute Gasteiger partial charge is 0.364 e. The molecule has 0 spiro atoms. The number of nitrogens with one attached hydrogen (secondary N) is 1. The number of anilines is 2. The van der Waals surface area contributed by atoms with Crippen molar-refractivity contribution in [2.45, 2.75) is 12.3 Å². The maximum atomic E-state index is 12.0. The van der Waals surface area contributed by atoms with E-state index in [0.717, 1.165) is 33.2 Å². The lowest BCUT2D eigenvalue weighted by Crippen LogP contribution is -2.26. The summed E-state index contributed by atoms with van der Waals surface area (Å²) in [6.45, 7) is 4.79. The van der Waals surface area contributed by atoms with Crippen LogP contribution in [0.15, 0.2) is 67.3 Å². The molecule has 3 N–H and O–H groups in total. The molecule has 3 aromatic rings. The number of amides is 2. The van der Waals surface area contributed by atoms with Crippen LogP contribution in [0.2, 0.25) is 0 Å². The molecule has 2 amide bonds. The van der Waals surface area contributed by atoms with Crippen LogP contribution in [0.25, 0.3) is 10.4 Å². The summed E-state index contributed by atoms with van der Waals surface area (Å²) in [5.41, 5.74) is 8.74. The van der Waals surface area contributed by atoms with Gasteiger partial charge in [-0.2, -0.15) is 0 Å². The highest BCUT2D eigenvalue weighted by molar-refractivity contribution is 7.15. The van der Waals surface area contributed by atoms with Crippen molar-refractivity contribution in [2.24, 2.45) is 5.73 Å². The lowest BCUT2D eigenvalue weighted by Gasteiger charge is -2.12. The summed E-state index contributed by atoms with van der Waals surface area (Å²) >= 11 is 1.47. The van der Waals surface area contributed by atoms with Crippen LogP contribution in [0.5, 0.6) is 0 Å². The number of primary amides is 1. The monoisotopic (exact) mass is 418 g/mol. The second-order valence-electron chi connectivity index (χ2n) is 7.14. The zero-order valence-corrected chi connectivity index (χ0v) is 17.2. The van der Waals surface area contributed by atoms with Gasteiger partial charge in [-0.05, 0) is 42.3 Å². The van der Waals surface area contributed by atoms with Gasteiger partial charge >= 0.3 is 0 Å². The quantitative estimate of drug-likeness (QED) is 0.589. The van der Waals surface area contributed by atoms with E-state index in [1.165, 1.54) is 17.4 Å². The third-order valence-corrected chi connectivity index (χ3v) is 6.38. The lowest BCUT2D eigenvalue weighted by atomic mass is 10.1. The molecular formula is C23H22N4O2S. The SMILES string of the molecule is C=CC(=O)N1CCC(c2nc(C(N)=O)c(-c3ccc(Nc4ccccc4)cc3)s2)C1. The van der Waals surface area contributed by atoms with Gasteiger partial charge < -0.3 is 16.0 Å². The standard InChI is InChI=1S/C23H22N4O2S/c1-2-19(28)27-13-12-16(14-27)23-26-20(22(24)29)21(30-23)15-8-10-18(11-9-15)25-17-6-4-3-5-7-17/h2-11,16,25H,1,12-14H2,(H2,24,29). The van der Waals surface area contributed by atoms with E-state index < -0.39 is 5.91 Å². The molecular weight excluding hydrogens is 396 g/mol. The average molecular weight is 419 g/mol. The summed E-state index contributed by atoms with van der Waals surface area (Å²) in [6.07, 6.45) is 2.14. The van der Waals surface area contributed by atoms with Gasteiger partial charge in [0.2, 0.25) is 5.91 Å². The molecule has 1 aromatic heterocycles. The summed E-state index contributed by atoms with van der Waals surface area (Å²) in [6, 6.07) is 17.8. The van der Waals surface area contributed by atoms with Gasteiger partial charge in [0, 0.05) is 30.4 Å². The van der Waals surface area contributed by atoms with E-state index >= 15 is 0 Å². The topological polar surface area (TPSA) is 88.3 Å². The number of nitrogens with two attached hydrogens (primary N) is 1. The van der Waals surface area contributed by atoms with Crippen LogP contribution in [0.1, 0.15) is 27.8 Å². The zero-order chi connectivity index (χ0) is 21.1. The van der Waals surface area contributed by atoms with Crippen LogP contribution >= 0.6 is 11.3 Å². The Morgan fingerprint density at radius 3 is 2.50 bits per heavy atom. The number of carbonyl (C=O) groups excluding carboxylic acids is 2. The molecule has 2 aromatic carbocycles. The summed E-state index contributed by atoms with van der Waals surface area (Å²) < 4.78 is 0. The van der Waals surface area contributed by atoms with Crippen LogP contribution < -0.4 is 11.1 Å². The number of hydrogen-bond acceptors (Lipinski definition) is 5. The minimum atomic E-state index is -0.545. The normalized spacial score (nSPS) is 15.7. The number of hydrogen-bond donors (Lipinski definition) is 2. The molecule has 1 atom stereocenters. The molecule has 0 radical (unpaired) electrons. The molecule has 1 saturated heterocycles. The molecule has 0 aliphatic carbocycles. The fraction of sp³-hybridized carbons (Fsp3) is 0.174. The maximum Gasteiger partial charge on any atom is 0.268 e. The molecule has 1 unspecified atom stereocenters. The van der Waals surface area contributed by atoms with Gasteiger partial charge in [0.25, 0.3) is 5.91 Å². The van der Waals surface area contributed by atoms with E-state index in [4.69, 9.17) is 5.73 Å². The Balaban J connectivity index is 1.57. The Kier molecular flexibility index (Phi) is 5.63. The van der Waals surface area contributed by atoms with Gasteiger partial charge in [-0.3, -0.25) is 9.59 Å². The minimum absolute atomic E-state index is 0.0779. The van der Waals surface area contributed by atoms with Crippen LogP contribution in [-0.4, -0.2) is 34.8 Å². The van der Waals surface area contributed by atoms with E-state index in [1.54, 1.807) is 4.90 Å². The Bertz CT molecular complexity index is 1080. The molecule has 1 aliphatic heterocycles. The number of thiazole rings is 1. The number of likely N-dealkylation sites (tertiary alicyclic amines) is 1. The number of para-hydroxylation sites is 1. The van der Waals surface area contributed by atoms with Crippen LogP contribution in [0, 0.1) is 0 Å². The second kappa shape index (κ2) is 8.51. The van der Waals surface area contributed by atoms with Crippen molar-refractivity contribution >= 4 is 34.5 Å². The maximum absolute atomic E-state index is 12.0. The number of rotatable bonds is 6. The molecule has 7 heteroatoms. The highest BCUT2D eigenvalue weighted by Crippen LogP contribution is 2.37. The van der Waals surface area contributed by atoms with Crippen molar-refractivity contribution in [3.05, 3.63) is 78.0 Å². The molecule has 1 aliphatic rings. The average Bonchev–Trinajstić information content (AvgIpc) is 3.42. The molecule has 152 valence electrons. The molecule has 30 heavy (non-hydrogen) atoms. The first-order valence-electron chi connectivity index (χ1n) is 9.69. The number of benzene rings is 2. The van der Waals surface area contributed by atoms with Gasteiger partial charge in [-0.1, -0.05) is 36.9 Å². The first-order valence-corrected chi connectivity index (χ1v) is 10.5. The Morgan fingerprint density at radius 2 is 1.83 bits per heavy atom. The Hall–Kier alpha value is -3.45. The van der Waals surface area contributed by atoms with Crippen LogP contribution in [0.4, 0.5) is 11.4 Å². The second-order valence-corrected chi connectivity index (χ2v) is 8.17. The fourth-order valence-corrected chi connectivity index (χ4v) is 4.76. The fourth-order valence-electron chi connectivity index (χ4n) is 3.56. The predicted molar refractivity (Wildman–Crippen MR) is 120 cm³/mol. The van der Waals surface area contributed by atoms with E-state index in [0.29, 0.717) is 13.1 Å². The summed E-state index contributed by atoms with van der Waals surface area (Å²) in [7, 11) is 0. The Morgan fingerprint density at radius 1 is 1.13 bits per heavy atom. The van der Waals surface area contributed by atoms with E-state index in [9.17, 15) is 9.59 Å². The van der Waals surface area contributed by atoms with Gasteiger partial charge in [-0.15, -0.1) is 11.3 Å². The third kappa shape index (κ3) is 4.11. The summed E-state index contributed by atoms with van der Waals surface area (Å²) in [4.78, 5) is 31.0. The molecule has 1 fully saturated rings. The van der Waals surface area contributed by atoms with Gasteiger partial charge in [0.15, 0.2) is 0 Å². The molecule has 0 saturated carbocycles. The summed E-state index contributed by atoms with van der Waals surface area (Å²) in [5, 5.41) is 4.18. The Labute approximate surface area is 179 Å². The molecule has 6 nitrogen and oxygen atoms in total. The number of aromatic nitrogens is 1. The highest BCUT2D eigenvalue weighted by Gasteiger charge is 2.30. The number of carbonyl (C=O) groups is 2. The van der Waals surface area contributed by atoms with E-state index in [-0.39, 0.29) is 17.5 Å². The van der Waals surface area contributed by atoms with Crippen LogP contribution in [-0.2, 0) is 4.79 Å². The van der Waals surface area contributed by atoms with Crippen molar-refractivity contribution in [1.29, 1.82) is 0 Å². The number of nitrogens with zero attached hydrogens (tertiary/aromatic N) is 2. The van der Waals surface area contributed by atoms with E-state index in [2.05, 4.69) is 16.9 Å². The van der Waals surface area contributed by atoms with Crippen molar-refractivity contribution in [3.63, 3.8) is 0 Å². The predicted octanol–water partition coefficient (Wildman–Crippen LogP) is 4.15. The minimum Gasteiger partial charge on any atom is -0.364 e.